The molecule has 5 atom stereocenters. The number of rotatable bonds is 84. The average Bonchev–Trinajstić information content (AvgIpc) is 0.905. The minimum atomic E-state index is -4.96. The summed E-state index contributed by atoms with van der Waals surface area (Å²) in [5.74, 6) is -0.578. The van der Waals surface area contributed by atoms with Crippen LogP contribution in [0.5, 0.6) is 0 Å². The molecule has 0 aliphatic heterocycles. The van der Waals surface area contributed by atoms with Gasteiger partial charge in [0.25, 0.3) is 0 Å². The number of phosphoric ester groups is 2. The van der Waals surface area contributed by atoms with Gasteiger partial charge in [0.2, 0.25) is 0 Å². The van der Waals surface area contributed by atoms with Gasteiger partial charge in [-0.3, -0.25) is 37.3 Å². The molecule has 0 radical (unpaired) electrons. The molecule has 19 heteroatoms. The molecule has 0 spiro atoms. The highest BCUT2D eigenvalue weighted by Gasteiger charge is 2.30. The quantitative estimate of drug-likeness (QED) is 0.0222. The summed E-state index contributed by atoms with van der Waals surface area (Å²) in [6.45, 7) is 9.66. The maximum atomic E-state index is 13.1. The van der Waals surface area contributed by atoms with Crippen LogP contribution in [0, 0.1) is 11.8 Å². The molecule has 0 aromatic rings. The molecule has 618 valence electrons. The highest BCUT2D eigenvalue weighted by molar-refractivity contribution is 7.47. The smallest absolute Gasteiger partial charge is 0.462 e. The molecule has 0 saturated carbocycles. The number of esters is 4. The molecule has 0 fully saturated rings. The first-order valence-electron chi connectivity index (χ1n) is 44.0. The maximum absolute atomic E-state index is 13.1. The van der Waals surface area contributed by atoms with Gasteiger partial charge >= 0.3 is 39.5 Å². The van der Waals surface area contributed by atoms with Gasteiger partial charge in [-0.2, -0.15) is 0 Å². The average molecular weight is 1520 g/mol. The predicted molar refractivity (Wildman–Crippen MR) is 428 cm³/mol. The van der Waals surface area contributed by atoms with Crippen LogP contribution in [0.15, 0.2) is 0 Å². The fourth-order valence-corrected chi connectivity index (χ4v) is 14.8. The van der Waals surface area contributed by atoms with E-state index in [9.17, 15) is 43.2 Å². The standard InChI is InChI=1S/C85H166O17P2/c1-7-9-11-13-15-17-19-21-23-24-25-26-27-28-29-31-33-39-45-52-58-64-70-85(90)101-80(73-95-82(87)67-61-55-49-43-37-35-34-36-41-47-53-59-65-77(3)4)75-99-103(91,92)97-71-79(86)72-98-104(93,94)100-76-81(74-96-83(88)68-62-56-50-46-40-42-48-54-60-66-78(5)6)102-84(89)69-63-57-51-44-38-32-30-22-20-18-16-14-12-10-8-2/h77-81,86H,7-76H2,1-6H3,(H,91,92)(H,93,94)/t79-,80-,81-/m1/s1. The Morgan fingerprint density at radius 2 is 0.442 bits per heavy atom. The van der Waals surface area contributed by atoms with Crippen LogP contribution in [0.2, 0.25) is 0 Å². The topological polar surface area (TPSA) is 237 Å². The second-order valence-corrected chi connectivity index (χ2v) is 34.4. The minimum absolute atomic E-state index is 0.108. The number of hydrogen-bond donors (Lipinski definition) is 3. The zero-order valence-electron chi connectivity index (χ0n) is 68.3. The molecular formula is C85H166O17P2. The third kappa shape index (κ3) is 78.2. The SMILES string of the molecule is CCCCCCCCCCCCCCCCCCCCCCCCC(=O)O[C@H](COC(=O)CCCCCCCCCCCCCCC(C)C)COP(=O)(O)OC[C@@H](O)COP(=O)(O)OC[C@@H](COC(=O)CCCCCCCCCCCC(C)C)OC(=O)CCCCCCCCCCCCCCCCC. The summed E-state index contributed by atoms with van der Waals surface area (Å²) in [6.07, 6.45) is 68.1. The van der Waals surface area contributed by atoms with Gasteiger partial charge in [0.05, 0.1) is 26.4 Å². The lowest BCUT2D eigenvalue weighted by molar-refractivity contribution is -0.161. The van der Waals surface area contributed by atoms with Crippen molar-refractivity contribution in [3.8, 4) is 0 Å². The molecule has 0 aliphatic carbocycles. The summed E-state index contributed by atoms with van der Waals surface area (Å²) in [4.78, 5) is 73.2. The predicted octanol–water partition coefficient (Wildman–Crippen LogP) is 25.8. The van der Waals surface area contributed by atoms with E-state index in [0.717, 1.165) is 102 Å². The van der Waals surface area contributed by atoms with E-state index in [1.54, 1.807) is 0 Å². The molecule has 17 nitrogen and oxygen atoms in total. The van der Waals surface area contributed by atoms with Crippen LogP contribution < -0.4 is 0 Å². The Morgan fingerprint density at radius 1 is 0.260 bits per heavy atom. The molecule has 0 aromatic heterocycles. The van der Waals surface area contributed by atoms with E-state index in [1.807, 2.05) is 0 Å². The maximum Gasteiger partial charge on any atom is 0.472 e. The molecule has 2 unspecified atom stereocenters. The Hall–Kier alpha value is -1.94. The molecule has 0 aliphatic rings. The van der Waals surface area contributed by atoms with Crippen LogP contribution in [0.1, 0.15) is 452 Å². The Bertz CT molecular complexity index is 1990. The van der Waals surface area contributed by atoms with Gasteiger partial charge in [-0.25, -0.2) is 9.13 Å². The van der Waals surface area contributed by atoms with E-state index in [4.69, 9.17) is 37.0 Å². The Morgan fingerprint density at radius 3 is 0.654 bits per heavy atom. The zero-order chi connectivity index (χ0) is 76.4. The number of carbonyl (C=O) groups excluding carboxylic acids is 4. The van der Waals surface area contributed by atoms with Gasteiger partial charge in [0.15, 0.2) is 12.2 Å². The third-order valence-corrected chi connectivity index (χ3v) is 21.9. The second kappa shape index (κ2) is 76.4. The van der Waals surface area contributed by atoms with Gasteiger partial charge in [-0.05, 0) is 37.5 Å². The fraction of sp³-hybridized carbons (Fsp3) is 0.953. The Labute approximate surface area is 638 Å². The number of hydrogen-bond acceptors (Lipinski definition) is 15. The summed E-state index contributed by atoms with van der Waals surface area (Å²) < 4.78 is 68.9. The minimum Gasteiger partial charge on any atom is -0.462 e. The van der Waals surface area contributed by atoms with Crippen LogP contribution in [0.3, 0.4) is 0 Å². The monoisotopic (exact) mass is 1520 g/mol. The van der Waals surface area contributed by atoms with E-state index in [-0.39, 0.29) is 25.7 Å². The molecule has 3 N–H and O–H groups in total. The number of ether oxygens (including phenoxy) is 4. The van der Waals surface area contributed by atoms with Crippen molar-refractivity contribution in [2.75, 3.05) is 39.6 Å². The van der Waals surface area contributed by atoms with Crippen molar-refractivity contribution in [1.82, 2.24) is 0 Å². The number of aliphatic hydroxyl groups excluding tert-OH is 1. The van der Waals surface area contributed by atoms with Crippen molar-refractivity contribution in [3.05, 3.63) is 0 Å². The van der Waals surface area contributed by atoms with E-state index >= 15 is 0 Å². The summed E-state index contributed by atoms with van der Waals surface area (Å²) >= 11 is 0. The molecule has 0 bridgehead atoms. The zero-order valence-corrected chi connectivity index (χ0v) is 70.1. The van der Waals surface area contributed by atoms with Crippen LogP contribution in [-0.4, -0.2) is 96.7 Å². The highest BCUT2D eigenvalue weighted by atomic mass is 31.2. The second-order valence-electron chi connectivity index (χ2n) is 31.5. The normalized spacial score (nSPS) is 13.8. The van der Waals surface area contributed by atoms with Gasteiger partial charge in [0.1, 0.15) is 19.3 Å². The van der Waals surface area contributed by atoms with Crippen molar-refractivity contribution in [2.24, 2.45) is 11.8 Å². The first kappa shape index (κ1) is 102. The highest BCUT2D eigenvalue weighted by Crippen LogP contribution is 2.45. The van der Waals surface area contributed by atoms with Crippen molar-refractivity contribution >= 4 is 39.5 Å². The van der Waals surface area contributed by atoms with Crippen LogP contribution >= 0.6 is 15.6 Å². The Balaban J connectivity index is 5.23. The number of phosphoric acid groups is 2. The summed E-state index contributed by atoms with van der Waals surface area (Å²) in [5, 5.41) is 10.7. The first-order chi connectivity index (χ1) is 50.4. The van der Waals surface area contributed by atoms with Crippen molar-refractivity contribution in [1.29, 1.82) is 0 Å². The summed E-state index contributed by atoms with van der Waals surface area (Å²) in [6, 6.07) is 0. The van der Waals surface area contributed by atoms with Crippen LogP contribution in [0.25, 0.3) is 0 Å². The summed E-state index contributed by atoms with van der Waals surface area (Å²) in [5.41, 5.74) is 0. The van der Waals surface area contributed by atoms with Crippen molar-refractivity contribution in [3.63, 3.8) is 0 Å². The third-order valence-electron chi connectivity index (χ3n) is 20.0. The van der Waals surface area contributed by atoms with E-state index in [0.29, 0.717) is 25.7 Å². The van der Waals surface area contributed by atoms with Gasteiger partial charge < -0.3 is 33.8 Å². The van der Waals surface area contributed by atoms with Crippen molar-refractivity contribution < 1.29 is 80.2 Å². The molecule has 0 rings (SSSR count). The lowest BCUT2D eigenvalue weighted by Gasteiger charge is -2.21. The van der Waals surface area contributed by atoms with Gasteiger partial charge in [0, 0.05) is 25.7 Å². The molecule has 0 aromatic carbocycles. The number of carbonyl (C=O) groups is 4. The molecular weight excluding hydrogens is 1350 g/mol. The molecule has 0 saturated heterocycles. The van der Waals surface area contributed by atoms with Crippen molar-refractivity contribution in [2.45, 2.75) is 471 Å². The summed E-state index contributed by atoms with van der Waals surface area (Å²) in [7, 11) is -9.93. The van der Waals surface area contributed by atoms with E-state index in [2.05, 4.69) is 41.5 Å². The van der Waals surface area contributed by atoms with Gasteiger partial charge in [-0.15, -0.1) is 0 Å². The van der Waals surface area contributed by atoms with E-state index < -0.39 is 97.5 Å². The van der Waals surface area contributed by atoms with Crippen LogP contribution in [0.4, 0.5) is 0 Å². The fourth-order valence-electron chi connectivity index (χ4n) is 13.2. The molecule has 0 amide bonds. The van der Waals surface area contributed by atoms with E-state index in [1.165, 1.54) is 270 Å². The lowest BCUT2D eigenvalue weighted by Crippen LogP contribution is -2.30. The molecule has 0 heterocycles. The largest absolute Gasteiger partial charge is 0.472 e. The lowest BCUT2D eigenvalue weighted by atomic mass is 10.0. The van der Waals surface area contributed by atoms with Crippen LogP contribution in [-0.2, 0) is 65.4 Å². The Kier molecular flexibility index (Phi) is 75.0. The number of aliphatic hydroxyl groups is 1. The molecule has 104 heavy (non-hydrogen) atoms. The number of unbranched alkanes of at least 4 members (excludes halogenated alkanes) is 54. The van der Waals surface area contributed by atoms with Gasteiger partial charge in [-0.1, -0.05) is 401 Å². The first-order valence-corrected chi connectivity index (χ1v) is 47.0.